The number of hydrogen-bond acceptors (Lipinski definition) is 2. The fourth-order valence-electron chi connectivity index (χ4n) is 0.690. The van der Waals surface area contributed by atoms with E-state index in [-0.39, 0.29) is 12.4 Å². The van der Waals surface area contributed by atoms with Crippen molar-refractivity contribution in [2.24, 2.45) is 5.10 Å². The van der Waals surface area contributed by atoms with Crippen LogP contribution in [0.4, 0.5) is 0 Å². The zero-order chi connectivity index (χ0) is 8.69. The van der Waals surface area contributed by atoms with E-state index in [1.165, 1.54) is 0 Å². The van der Waals surface area contributed by atoms with Crippen molar-refractivity contribution in [3.8, 4) is 0 Å². The second-order valence-electron chi connectivity index (χ2n) is 2.38. The molecule has 0 radical (unpaired) electrons. The fraction of sp³-hybridized carbons (Fsp3) is 0.857. The van der Waals surface area contributed by atoms with Gasteiger partial charge in [-0.1, -0.05) is 0 Å². The minimum Gasteiger partial charge on any atom is -0.295 e. The van der Waals surface area contributed by atoms with Crippen molar-refractivity contribution in [2.75, 3.05) is 24.8 Å². The van der Waals surface area contributed by atoms with Crippen molar-refractivity contribution in [2.45, 2.75) is 13.8 Å². The summed E-state index contributed by atoms with van der Waals surface area (Å²) in [6.45, 7) is 5.43. The summed E-state index contributed by atoms with van der Waals surface area (Å²) < 4.78 is 0. The Kier molecular flexibility index (Phi) is 11.7. The third-order valence-electron chi connectivity index (χ3n) is 1.03. The maximum atomic E-state index is 5.56. The van der Waals surface area contributed by atoms with Gasteiger partial charge in [0.15, 0.2) is 0 Å². The highest BCUT2D eigenvalue weighted by molar-refractivity contribution is 6.18. The molecule has 0 aliphatic rings. The van der Waals surface area contributed by atoms with Crippen molar-refractivity contribution < 1.29 is 0 Å². The molecule has 0 bridgehead atoms. The van der Waals surface area contributed by atoms with Crippen molar-refractivity contribution in [3.05, 3.63) is 0 Å². The van der Waals surface area contributed by atoms with Crippen LogP contribution >= 0.6 is 35.6 Å². The average molecular weight is 234 g/mol. The molecule has 0 rings (SSSR count). The standard InChI is InChI=1S/C7H14Cl2N2.ClH/c1-7(2)10-11(5-3-8)6-4-9;/h3-6H2,1-2H3;1H. The first kappa shape index (κ1) is 14.8. The fourth-order valence-corrected chi connectivity index (χ4v) is 1.08. The van der Waals surface area contributed by atoms with Crippen LogP contribution in [-0.2, 0) is 0 Å². The Morgan fingerprint density at radius 2 is 1.58 bits per heavy atom. The number of hydrogen-bond donors (Lipinski definition) is 0. The van der Waals surface area contributed by atoms with Crippen molar-refractivity contribution in [3.63, 3.8) is 0 Å². The molecule has 0 aromatic heterocycles. The summed E-state index contributed by atoms with van der Waals surface area (Å²) in [7, 11) is 0. The first-order valence-corrected chi connectivity index (χ1v) is 4.66. The van der Waals surface area contributed by atoms with Gasteiger partial charge >= 0.3 is 0 Å². The quantitative estimate of drug-likeness (QED) is 0.405. The number of halogens is 3. The van der Waals surface area contributed by atoms with Gasteiger partial charge in [-0.3, -0.25) is 5.01 Å². The molecule has 0 atom stereocenters. The number of nitrogens with zero attached hydrogens (tertiary/aromatic N) is 2. The number of hydrazone groups is 1. The van der Waals surface area contributed by atoms with Crippen LogP contribution in [0.25, 0.3) is 0 Å². The summed E-state index contributed by atoms with van der Waals surface area (Å²) in [6, 6.07) is 0. The predicted octanol–water partition coefficient (Wildman–Crippen LogP) is 2.58. The van der Waals surface area contributed by atoms with Crippen molar-refractivity contribution >= 4 is 41.3 Å². The average Bonchev–Trinajstić information content (AvgIpc) is 1.87. The summed E-state index contributed by atoms with van der Waals surface area (Å²) >= 11 is 11.1. The molecule has 74 valence electrons. The number of alkyl halides is 2. The lowest BCUT2D eigenvalue weighted by atomic mass is 10.5. The lowest BCUT2D eigenvalue weighted by molar-refractivity contribution is 0.325. The molecule has 0 unspecified atom stereocenters. The molecule has 0 saturated carbocycles. The van der Waals surface area contributed by atoms with E-state index >= 15 is 0 Å². The monoisotopic (exact) mass is 232 g/mol. The Balaban J connectivity index is 0. The topological polar surface area (TPSA) is 15.6 Å². The van der Waals surface area contributed by atoms with Gasteiger partial charge in [-0.05, 0) is 13.8 Å². The maximum Gasteiger partial charge on any atom is 0.0496 e. The highest BCUT2D eigenvalue weighted by Crippen LogP contribution is 1.93. The smallest absolute Gasteiger partial charge is 0.0496 e. The highest BCUT2D eigenvalue weighted by atomic mass is 35.5. The highest BCUT2D eigenvalue weighted by Gasteiger charge is 1.97. The van der Waals surface area contributed by atoms with Crippen LogP contribution in [0.2, 0.25) is 0 Å². The first-order valence-electron chi connectivity index (χ1n) is 3.59. The first-order chi connectivity index (χ1) is 5.20. The van der Waals surface area contributed by atoms with Crippen LogP contribution in [0.15, 0.2) is 5.10 Å². The van der Waals surface area contributed by atoms with Gasteiger partial charge in [-0.25, -0.2) is 0 Å². The van der Waals surface area contributed by atoms with E-state index in [2.05, 4.69) is 5.10 Å². The largest absolute Gasteiger partial charge is 0.295 e. The predicted molar refractivity (Wildman–Crippen MR) is 59.0 cm³/mol. The molecule has 0 heterocycles. The van der Waals surface area contributed by atoms with Crippen LogP contribution < -0.4 is 0 Å². The summed E-state index contributed by atoms with van der Waals surface area (Å²) in [5, 5.41) is 6.12. The molecule has 0 aliphatic carbocycles. The van der Waals surface area contributed by atoms with E-state index in [4.69, 9.17) is 23.2 Å². The van der Waals surface area contributed by atoms with Gasteiger partial charge in [0.25, 0.3) is 0 Å². The van der Waals surface area contributed by atoms with Crippen LogP contribution in [0.3, 0.4) is 0 Å². The Morgan fingerprint density at radius 3 is 1.83 bits per heavy atom. The lowest BCUT2D eigenvalue weighted by Crippen LogP contribution is -2.23. The second-order valence-corrected chi connectivity index (χ2v) is 3.13. The molecule has 2 nitrogen and oxygen atoms in total. The van der Waals surface area contributed by atoms with E-state index in [0.29, 0.717) is 11.8 Å². The van der Waals surface area contributed by atoms with E-state index in [1.807, 2.05) is 18.9 Å². The summed E-state index contributed by atoms with van der Waals surface area (Å²) in [6.07, 6.45) is 0. The molecule has 0 N–H and O–H groups in total. The van der Waals surface area contributed by atoms with Gasteiger partial charge in [0.05, 0.1) is 0 Å². The van der Waals surface area contributed by atoms with Crippen LogP contribution in [-0.4, -0.2) is 35.6 Å². The molecule has 0 amide bonds. The number of rotatable bonds is 5. The van der Waals surface area contributed by atoms with Gasteiger partial charge in [-0.15, -0.1) is 35.6 Å². The third kappa shape index (κ3) is 8.44. The van der Waals surface area contributed by atoms with Gasteiger partial charge < -0.3 is 0 Å². The van der Waals surface area contributed by atoms with Gasteiger partial charge in [0, 0.05) is 30.6 Å². The Morgan fingerprint density at radius 1 is 1.17 bits per heavy atom. The van der Waals surface area contributed by atoms with Gasteiger partial charge in [-0.2, -0.15) is 5.10 Å². The van der Waals surface area contributed by atoms with Crippen molar-refractivity contribution in [1.82, 2.24) is 5.01 Å². The maximum absolute atomic E-state index is 5.56. The van der Waals surface area contributed by atoms with Crippen LogP contribution in [0, 0.1) is 0 Å². The minimum atomic E-state index is 0. The third-order valence-corrected chi connectivity index (χ3v) is 1.36. The van der Waals surface area contributed by atoms with Gasteiger partial charge in [0.1, 0.15) is 0 Å². The molecule has 0 aromatic carbocycles. The Labute approximate surface area is 90.3 Å². The Hall–Kier alpha value is 0.340. The van der Waals surface area contributed by atoms with E-state index < -0.39 is 0 Å². The molecular weight excluding hydrogens is 218 g/mol. The molecule has 12 heavy (non-hydrogen) atoms. The molecule has 0 spiro atoms. The molecule has 5 heteroatoms. The van der Waals surface area contributed by atoms with Crippen LogP contribution in [0.5, 0.6) is 0 Å². The van der Waals surface area contributed by atoms with Gasteiger partial charge in [0.2, 0.25) is 0 Å². The minimum absolute atomic E-state index is 0. The van der Waals surface area contributed by atoms with E-state index in [9.17, 15) is 0 Å². The normalized spacial score (nSPS) is 8.67. The molecule has 0 aromatic rings. The van der Waals surface area contributed by atoms with E-state index in [1.54, 1.807) is 0 Å². The summed E-state index contributed by atoms with van der Waals surface area (Å²) in [5.74, 6) is 1.18. The summed E-state index contributed by atoms with van der Waals surface area (Å²) in [5.41, 5.74) is 1.03. The van der Waals surface area contributed by atoms with E-state index in [0.717, 1.165) is 18.8 Å². The lowest BCUT2D eigenvalue weighted by Gasteiger charge is -2.16. The summed E-state index contributed by atoms with van der Waals surface area (Å²) in [4.78, 5) is 0. The van der Waals surface area contributed by atoms with Crippen molar-refractivity contribution in [1.29, 1.82) is 0 Å². The SMILES string of the molecule is CC(C)=NN(CCCl)CCCl.Cl. The molecule has 0 fully saturated rings. The zero-order valence-electron chi connectivity index (χ0n) is 7.39. The molecule has 0 saturated heterocycles. The Bertz CT molecular complexity index is 118. The second kappa shape index (κ2) is 9.43. The molecular formula is C7H15Cl3N2. The zero-order valence-corrected chi connectivity index (χ0v) is 9.72. The molecule has 0 aliphatic heterocycles. The van der Waals surface area contributed by atoms with Crippen LogP contribution in [0.1, 0.15) is 13.8 Å².